The van der Waals surface area contributed by atoms with Gasteiger partial charge in [-0.25, -0.2) is 0 Å². The molecule has 90 valence electrons. The van der Waals surface area contributed by atoms with Crippen LogP contribution in [0.2, 0.25) is 0 Å². The van der Waals surface area contributed by atoms with Crippen LogP contribution in [0.4, 0.5) is 0 Å². The number of phenols is 1. The summed E-state index contributed by atoms with van der Waals surface area (Å²) < 4.78 is 0.721. The van der Waals surface area contributed by atoms with Crippen molar-refractivity contribution in [3.63, 3.8) is 0 Å². The van der Waals surface area contributed by atoms with Crippen molar-refractivity contribution < 1.29 is 10.2 Å². The second kappa shape index (κ2) is 6.23. The summed E-state index contributed by atoms with van der Waals surface area (Å²) in [7, 11) is 0. The van der Waals surface area contributed by atoms with Gasteiger partial charge < -0.3 is 15.5 Å². The van der Waals surface area contributed by atoms with Crippen molar-refractivity contribution in [3.05, 3.63) is 27.7 Å². The third kappa shape index (κ3) is 3.77. The van der Waals surface area contributed by atoms with Gasteiger partial charge in [0.25, 0.3) is 0 Å². The molecule has 1 aromatic rings. The van der Waals surface area contributed by atoms with Crippen LogP contribution in [0.25, 0.3) is 0 Å². The maximum atomic E-state index is 9.83. The number of hydrogen-bond donors (Lipinski definition) is 3. The van der Waals surface area contributed by atoms with E-state index in [-0.39, 0.29) is 18.4 Å². The Morgan fingerprint density at radius 2 is 2.12 bits per heavy atom. The molecule has 0 saturated heterocycles. The number of halogens is 1. The summed E-state index contributed by atoms with van der Waals surface area (Å²) in [6.07, 6.45) is 0.716. The minimum absolute atomic E-state index is 0.178. The van der Waals surface area contributed by atoms with E-state index in [0.717, 1.165) is 15.6 Å². The number of aryl methyl sites for hydroxylation is 1. The minimum Gasteiger partial charge on any atom is -0.506 e. The van der Waals surface area contributed by atoms with Crippen molar-refractivity contribution in [2.45, 2.75) is 32.9 Å². The molecule has 1 aromatic carbocycles. The van der Waals surface area contributed by atoms with Crippen LogP contribution in [-0.2, 0) is 6.54 Å². The molecule has 1 atom stereocenters. The molecule has 0 unspecified atom stereocenters. The quantitative estimate of drug-likeness (QED) is 0.779. The van der Waals surface area contributed by atoms with Gasteiger partial charge in [0.2, 0.25) is 0 Å². The standard InChI is InChI=1S/C12H18BrNO2/c1-8-5-10(12(16)11(13)6-8)7-14-9(2)3-4-15/h5-6,9,14-16H,3-4,7H2,1-2H3/t9-/m1/s1. The summed E-state index contributed by atoms with van der Waals surface area (Å²) in [5, 5.41) is 21.9. The van der Waals surface area contributed by atoms with Gasteiger partial charge in [0, 0.05) is 24.8 Å². The fourth-order valence-corrected chi connectivity index (χ4v) is 2.14. The molecule has 0 aromatic heterocycles. The van der Waals surface area contributed by atoms with E-state index in [0.29, 0.717) is 13.0 Å². The van der Waals surface area contributed by atoms with Gasteiger partial charge in [-0.3, -0.25) is 0 Å². The maximum absolute atomic E-state index is 9.83. The number of benzene rings is 1. The van der Waals surface area contributed by atoms with Crippen molar-refractivity contribution in [2.24, 2.45) is 0 Å². The highest BCUT2D eigenvalue weighted by Crippen LogP contribution is 2.29. The van der Waals surface area contributed by atoms with E-state index >= 15 is 0 Å². The van der Waals surface area contributed by atoms with Gasteiger partial charge in [-0.15, -0.1) is 0 Å². The van der Waals surface area contributed by atoms with Gasteiger partial charge in [-0.1, -0.05) is 6.07 Å². The molecule has 0 aliphatic heterocycles. The van der Waals surface area contributed by atoms with Gasteiger partial charge >= 0.3 is 0 Å². The van der Waals surface area contributed by atoms with E-state index in [2.05, 4.69) is 21.2 Å². The van der Waals surface area contributed by atoms with Gasteiger partial charge in [0.15, 0.2) is 0 Å². The topological polar surface area (TPSA) is 52.5 Å². The first kappa shape index (κ1) is 13.5. The number of nitrogens with one attached hydrogen (secondary N) is 1. The third-order valence-electron chi connectivity index (χ3n) is 2.49. The Morgan fingerprint density at radius 1 is 1.44 bits per heavy atom. The minimum atomic E-state index is 0.178. The van der Waals surface area contributed by atoms with Crippen molar-refractivity contribution >= 4 is 15.9 Å². The lowest BCUT2D eigenvalue weighted by Gasteiger charge is -2.14. The second-order valence-electron chi connectivity index (χ2n) is 4.05. The molecule has 0 aliphatic carbocycles. The molecular formula is C12H18BrNO2. The SMILES string of the molecule is Cc1cc(Br)c(O)c(CN[C@H](C)CCO)c1. The predicted molar refractivity (Wildman–Crippen MR) is 68.5 cm³/mol. The van der Waals surface area contributed by atoms with E-state index < -0.39 is 0 Å². The summed E-state index contributed by atoms with van der Waals surface area (Å²) >= 11 is 3.32. The molecule has 0 aliphatic rings. The monoisotopic (exact) mass is 287 g/mol. The second-order valence-corrected chi connectivity index (χ2v) is 4.90. The van der Waals surface area contributed by atoms with Crippen LogP contribution >= 0.6 is 15.9 Å². The van der Waals surface area contributed by atoms with Crippen LogP contribution in [-0.4, -0.2) is 22.9 Å². The predicted octanol–water partition coefficient (Wildman–Crippen LogP) is 2.32. The number of aromatic hydroxyl groups is 1. The van der Waals surface area contributed by atoms with E-state index in [1.54, 1.807) is 0 Å². The number of aliphatic hydroxyl groups excluding tert-OH is 1. The van der Waals surface area contributed by atoms with Crippen LogP contribution in [0.5, 0.6) is 5.75 Å². The first-order chi connectivity index (χ1) is 7.54. The van der Waals surface area contributed by atoms with E-state index in [4.69, 9.17) is 5.11 Å². The Hall–Kier alpha value is -0.580. The van der Waals surface area contributed by atoms with Crippen molar-refractivity contribution in [2.75, 3.05) is 6.61 Å². The van der Waals surface area contributed by atoms with Crippen LogP contribution in [0.3, 0.4) is 0 Å². The highest BCUT2D eigenvalue weighted by atomic mass is 79.9. The number of aliphatic hydroxyl groups is 1. The van der Waals surface area contributed by atoms with Gasteiger partial charge in [-0.05, 0) is 47.8 Å². The molecule has 1 rings (SSSR count). The van der Waals surface area contributed by atoms with Crippen molar-refractivity contribution in [1.82, 2.24) is 5.32 Å². The average Bonchev–Trinajstić information content (AvgIpc) is 2.21. The molecule has 0 bridgehead atoms. The van der Waals surface area contributed by atoms with Crippen molar-refractivity contribution in [1.29, 1.82) is 0 Å². The molecular weight excluding hydrogens is 270 g/mol. The highest BCUT2D eigenvalue weighted by Gasteiger charge is 2.08. The smallest absolute Gasteiger partial charge is 0.134 e. The fraction of sp³-hybridized carbons (Fsp3) is 0.500. The Labute approximate surface area is 105 Å². The Morgan fingerprint density at radius 3 is 2.75 bits per heavy atom. The van der Waals surface area contributed by atoms with Gasteiger partial charge in [-0.2, -0.15) is 0 Å². The molecule has 3 nitrogen and oxygen atoms in total. The highest BCUT2D eigenvalue weighted by molar-refractivity contribution is 9.10. The lowest BCUT2D eigenvalue weighted by atomic mass is 10.1. The fourth-order valence-electron chi connectivity index (χ4n) is 1.52. The summed E-state index contributed by atoms with van der Waals surface area (Å²) in [5.41, 5.74) is 1.98. The van der Waals surface area contributed by atoms with Gasteiger partial charge in [0.05, 0.1) is 4.47 Å². The molecule has 0 radical (unpaired) electrons. The molecule has 0 fully saturated rings. The molecule has 0 heterocycles. The Bertz CT molecular complexity index is 355. The summed E-state index contributed by atoms with van der Waals surface area (Å²) in [5.74, 6) is 0.286. The van der Waals surface area contributed by atoms with E-state index in [1.807, 2.05) is 26.0 Å². The summed E-state index contributed by atoms with van der Waals surface area (Å²) in [4.78, 5) is 0. The zero-order valence-electron chi connectivity index (χ0n) is 9.63. The normalized spacial score (nSPS) is 12.8. The Balaban J connectivity index is 2.66. The zero-order chi connectivity index (χ0) is 12.1. The number of rotatable bonds is 5. The molecule has 0 spiro atoms. The van der Waals surface area contributed by atoms with Crippen LogP contribution < -0.4 is 5.32 Å². The third-order valence-corrected chi connectivity index (χ3v) is 3.09. The lowest BCUT2D eigenvalue weighted by Crippen LogP contribution is -2.26. The van der Waals surface area contributed by atoms with Crippen LogP contribution in [0, 0.1) is 6.92 Å². The maximum Gasteiger partial charge on any atom is 0.134 e. The van der Waals surface area contributed by atoms with Crippen molar-refractivity contribution in [3.8, 4) is 5.75 Å². The number of hydrogen-bond acceptors (Lipinski definition) is 3. The number of phenolic OH excluding ortho intramolecular Hbond substituents is 1. The summed E-state index contributed by atoms with van der Waals surface area (Å²) in [6.45, 7) is 4.79. The Kier molecular flexibility index (Phi) is 5.25. The molecule has 16 heavy (non-hydrogen) atoms. The first-order valence-electron chi connectivity index (χ1n) is 5.36. The zero-order valence-corrected chi connectivity index (χ0v) is 11.2. The molecule has 4 heteroatoms. The van der Waals surface area contributed by atoms with E-state index in [1.165, 1.54) is 0 Å². The first-order valence-corrected chi connectivity index (χ1v) is 6.16. The average molecular weight is 288 g/mol. The van der Waals surface area contributed by atoms with Crippen LogP contribution in [0.15, 0.2) is 16.6 Å². The lowest BCUT2D eigenvalue weighted by molar-refractivity contribution is 0.268. The largest absolute Gasteiger partial charge is 0.506 e. The molecule has 0 amide bonds. The van der Waals surface area contributed by atoms with E-state index in [9.17, 15) is 5.11 Å². The van der Waals surface area contributed by atoms with Gasteiger partial charge in [0.1, 0.15) is 5.75 Å². The van der Waals surface area contributed by atoms with Crippen LogP contribution in [0.1, 0.15) is 24.5 Å². The summed E-state index contributed by atoms with van der Waals surface area (Å²) in [6, 6.07) is 4.08. The molecule has 3 N–H and O–H groups in total. The molecule has 0 saturated carbocycles.